The molecule has 0 aliphatic carbocycles. The molecule has 0 aliphatic rings. The normalized spacial score (nSPS) is 10.6. The van der Waals surface area contributed by atoms with Crippen LogP contribution in [0.4, 0.5) is 0 Å². The molecule has 0 bridgehead atoms. The minimum atomic E-state index is -0.569. The Bertz CT molecular complexity index is 513. The molecule has 2 N–H and O–H groups in total. The van der Waals surface area contributed by atoms with E-state index in [1.54, 1.807) is 6.92 Å². The van der Waals surface area contributed by atoms with Gasteiger partial charge in [-0.25, -0.2) is 4.79 Å². The SMILES string of the molecule is Cc1cn(CC(=O)NCC(C)C)c(=O)[nH]c1=O. The fourth-order valence-electron chi connectivity index (χ4n) is 1.26. The number of aromatic amines is 1. The molecule has 0 saturated carbocycles. The van der Waals surface area contributed by atoms with Crippen molar-refractivity contribution in [1.82, 2.24) is 14.9 Å². The third-order valence-corrected chi connectivity index (χ3v) is 2.21. The Hall–Kier alpha value is -1.85. The van der Waals surface area contributed by atoms with Crippen LogP contribution in [0, 0.1) is 12.8 Å². The highest BCUT2D eigenvalue weighted by Gasteiger charge is 2.06. The predicted molar refractivity (Wildman–Crippen MR) is 63.9 cm³/mol. The van der Waals surface area contributed by atoms with Gasteiger partial charge in [-0.15, -0.1) is 0 Å². The molecule has 17 heavy (non-hydrogen) atoms. The number of nitrogens with one attached hydrogen (secondary N) is 2. The van der Waals surface area contributed by atoms with E-state index >= 15 is 0 Å². The maximum atomic E-state index is 11.5. The largest absolute Gasteiger partial charge is 0.354 e. The van der Waals surface area contributed by atoms with Crippen molar-refractivity contribution >= 4 is 5.91 Å². The third-order valence-electron chi connectivity index (χ3n) is 2.21. The van der Waals surface area contributed by atoms with E-state index in [9.17, 15) is 14.4 Å². The summed E-state index contributed by atoms with van der Waals surface area (Å²) < 4.78 is 1.19. The van der Waals surface area contributed by atoms with Crippen molar-refractivity contribution in [3.63, 3.8) is 0 Å². The number of hydrogen-bond donors (Lipinski definition) is 2. The van der Waals surface area contributed by atoms with Crippen LogP contribution >= 0.6 is 0 Å². The first-order chi connectivity index (χ1) is 7.90. The lowest BCUT2D eigenvalue weighted by Gasteiger charge is -2.09. The highest BCUT2D eigenvalue weighted by molar-refractivity contribution is 5.75. The molecule has 0 fully saturated rings. The van der Waals surface area contributed by atoms with Crippen LogP contribution in [0.1, 0.15) is 19.4 Å². The average Bonchev–Trinajstić information content (AvgIpc) is 2.23. The zero-order valence-electron chi connectivity index (χ0n) is 10.2. The minimum Gasteiger partial charge on any atom is -0.354 e. The van der Waals surface area contributed by atoms with E-state index in [1.165, 1.54) is 10.8 Å². The zero-order chi connectivity index (χ0) is 13.0. The first kappa shape index (κ1) is 13.2. The summed E-state index contributed by atoms with van der Waals surface area (Å²) in [5.74, 6) is 0.111. The molecule has 6 heteroatoms. The van der Waals surface area contributed by atoms with Gasteiger partial charge in [0.25, 0.3) is 5.56 Å². The fourth-order valence-corrected chi connectivity index (χ4v) is 1.26. The molecule has 1 heterocycles. The number of rotatable bonds is 4. The highest BCUT2D eigenvalue weighted by atomic mass is 16.2. The summed E-state index contributed by atoms with van der Waals surface area (Å²) in [6.07, 6.45) is 1.39. The van der Waals surface area contributed by atoms with Crippen molar-refractivity contribution in [3.05, 3.63) is 32.6 Å². The van der Waals surface area contributed by atoms with Crippen LogP contribution in [0.25, 0.3) is 0 Å². The fraction of sp³-hybridized carbons (Fsp3) is 0.545. The van der Waals surface area contributed by atoms with Crippen molar-refractivity contribution in [1.29, 1.82) is 0 Å². The number of aryl methyl sites for hydroxylation is 1. The molecule has 0 aliphatic heterocycles. The second kappa shape index (κ2) is 5.47. The summed E-state index contributed by atoms with van der Waals surface area (Å²) in [6.45, 7) is 6.03. The van der Waals surface area contributed by atoms with Crippen LogP contribution in [0.15, 0.2) is 15.8 Å². The summed E-state index contributed by atoms with van der Waals surface area (Å²) in [4.78, 5) is 36.2. The number of hydrogen-bond acceptors (Lipinski definition) is 3. The van der Waals surface area contributed by atoms with E-state index in [0.717, 1.165) is 0 Å². The van der Waals surface area contributed by atoms with Gasteiger partial charge in [0.1, 0.15) is 6.54 Å². The summed E-state index contributed by atoms with van der Waals surface area (Å²) in [7, 11) is 0. The molecule has 1 rings (SSSR count). The van der Waals surface area contributed by atoms with Crippen molar-refractivity contribution in [3.8, 4) is 0 Å². The van der Waals surface area contributed by atoms with Gasteiger partial charge in [0, 0.05) is 18.3 Å². The summed E-state index contributed by atoms with van der Waals surface area (Å²) in [6, 6.07) is 0. The monoisotopic (exact) mass is 239 g/mol. The van der Waals surface area contributed by atoms with Crippen molar-refractivity contribution in [2.45, 2.75) is 27.3 Å². The van der Waals surface area contributed by atoms with Gasteiger partial charge in [0.05, 0.1) is 0 Å². The van der Waals surface area contributed by atoms with Crippen molar-refractivity contribution < 1.29 is 4.79 Å². The topological polar surface area (TPSA) is 84.0 Å². The second-order valence-corrected chi connectivity index (χ2v) is 4.40. The molecule has 1 aromatic heterocycles. The van der Waals surface area contributed by atoms with E-state index in [1.807, 2.05) is 13.8 Å². The Morgan fingerprint density at radius 3 is 2.71 bits per heavy atom. The Labute approximate surface area is 98.7 Å². The Kier molecular flexibility index (Phi) is 4.25. The molecule has 0 saturated heterocycles. The predicted octanol–water partition coefficient (Wildman–Crippen LogP) is -0.383. The molecule has 0 unspecified atom stereocenters. The number of amides is 1. The molecule has 1 amide bonds. The molecular formula is C11H17N3O3. The Balaban J connectivity index is 2.75. The summed E-state index contributed by atoms with van der Waals surface area (Å²) in [5, 5.41) is 2.70. The van der Waals surface area contributed by atoms with Gasteiger partial charge in [0.15, 0.2) is 0 Å². The summed E-state index contributed by atoms with van der Waals surface area (Å²) >= 11 is 0. The maximum Gasteiger partial charge on any atom is 0.328 e. The molecule has 0 radical (unpaired) electrons. The standard InChI is InChI=1S/C11H17N3O3/c1-7(2)4-12-9(15)6-14-5-8(3)10(16)13-11(14)17/h5,7H,4,6H2,1-3H3,(H,12,15)(H,13,16,17). The lowest BCUT2D eigenvalue weighted by molar-refractivity contribution is -0.121. The Morgan fingerprint density at radius 1 is 1.47 bits per heavy atom. The van der Waals surface area contributed by atoms with Crippen LogP contribution < -0.4 is 16.6 Å². The van der Waals surface area contributed by atoms with Gasteiger partial charge in [-0.05, 0) is 12.8 Å². The van der Waals surface area contributed by atoms with Crippen molar-refractivity contribution in [2.24, 2.45) is 5.92 Å². The van der Waals surface area contributed by atoms with E-state index in [4.69, 9.17) is 0 Å². The van der Waals surface area contributed by atoms with Crippen LogP contribution in [-0.4, -0.2) is 22.0 Å². The van der Waals surface area contributed by atoms with E-state index in [0.29, 0.717) is 18.0 Å². The van der Waals surface area contributed by atoms with Gasteiger partial charge in [-0.1, -0.05) is 13.8 Å². The smallest absolute Gasteiger partial charge is 0.328 e. The van der Waals surface area contributed by atoms with Crippen molar-refractivity contribution in [2.75, 3.05) is 6.54 Å². The third kappa shape index (κ3) is 3.90. The lowest BCUT2D eigenvalue weighted by Crippen LogP contribution is -2.37. The van der Waals surface area contributed by atoms with Crippen LogP contribution in [-0.2, 0) is 11.3 Å². The molecule has 1 aromatic rings. The molecule has 0 atom stereocenters. The zero-order valence-corrected chi connectivity index (χ0v) is 10.2. The van der Waals surface area contributed by atoms with Gasteiger partial charge >= 0.3 is 5.69 Å². The number of carbonyl (C=O) groups excluding carboxylic acids is 1. The van der Waals surface area contributed by atoms with Gasteiger partial charge in [-0.3, -0.25) is 19.1 Å². The quantitative estimate of drug-likeness (QED) is 0.751. The number of H-pyrrole nitrogens is 1. The second-order valence-electron chi connectivity index (χ2n) is 4.40. The van der Waals surface area contributed by atoms with Gasteiger partial charge in [-0.2, -0.15) is 0 Å². The minimum absolute atomic E-state index is 0.0802. The first-order valence-electron chi connectivity index (χ1n) is 5.47. The lowest BCUT2D eigenvalue weighted by atomic mass is 10.2. The maximum absolute atomic E-state index is 11.5. The van der Waals surface area contributed by atoms with Gasteiger partial charge in [0.2, 0.25) is 5.91 Å². The molecule has 0 spiro atoms. The van der Waals surface area contributed by atoms with Crippen LogP contribution in [0.5, 0.6) is 0 Å². The number of nitrogens with zero attached hydrogens (tertiary/aromatic N) is 1. The van der Waals surface area contributed by atoms with Crippen LogP contribution in [0.2, 0.25) is 0 Å². The van der Waals surface area contributed by atoms with E-state index in [2.05, 4.69) is 10.3 Å². The highest BCUT2D eigenvalue weighted by Crippen LogP contribution is 1.88. The van der Waals surface area contributed by atoms with Gasteiger partial charge < -0.3 is 5.32 Å². The first-order valence-corrected chi connectivity index (χ1v) is 5.47. The molecular weight excluding hydrogens is 222 g/mol. The van der Waals surface area contributed by atoms with Crippen LogP contribution in [0.3, 0.4) is 0 Å². The Morgan fingerprint density at radius 2 is 2.12 bits per heavy atom. The average molecular weight is 239 g/mol. The molecule has 6 nitrogen and oxygen atoms in total. The summed E-state index contributed by atoms with van der Waals surface area (Å²) in [5.41, 5.74) is -0.588. The molecule has 0 aromatic carbocycles. The molecule has 94 valence electrons. The van der Waals surface area contributed by atoms with E-state index < -0.39 is 11.2 Å². The number of aromatic nitrogens is 2. The van der Waals surface area contributed by atoms with E-state index in [-0.39, 0.29) is 12.5 Å². The number of carbonyl (C=O) groups is 1.